The van der Waals surface area contributed by atoms with Crippen molar-refractivity contribution in [3.63, 3.8) is 0 Å². The lowest BCUT2D eigenvalue weighted by atomic mass is 10.2. The molecule has 26 heavy (non-hydrogen) atoms. The Labute approximate surface area is 151 Å². The van der Waals surface area contributed by atoms with E-state index in [1.54, 1.807) is 23.2 Å². The first-order chi connectivity index (χ1) is 12.7. The molecule has 1 N–H and O–H groups in total. The highest BCUT2D eigenvalue weighted by Crippen LogP contribution is 2.06. The van der Waals surface area contributed by atoms with Gasteiger partial charge in [-0.3, -0.25) is 19.1 Å². The summed E-state index contributed by atoms with van der Waals surface area (Å²) in [6, 6.07) is 13.0. The molecule has 1 aromatic carbocycles. The first-order valence-electron chi connectivity index (χ1n) is 8.85. The van der Waals surface area contributed by atoms with Crippen LogP contribution in [0.1, 0.15) is 31.4 Å². The number of carbonyl (C=O) groups is 1. The molecule has 0 saturated heterocycles. The van der Waals surface area contributed by atoms with Crippen LogP contribution in [0.3, 0.4) is 0 Å². The van der Waals surface area contributed by atoms with Crippen molar-refractivity contribution in [3.05, 3.63) is 71.0 Å². The van der Waals surface area contributed by atoms with E-state index in [2.05, 4.69) is 15.3 Å². The largest absolute Gasteiger partial charge is 0.350 e. The molecule has 0 aliphatic heterocycles. The molecule has 0 saturated carbocycles. The highest BCUT2D eigenvalue weighted by molar-refractivity contribution is 5.77. The van der Waals surface area contributed by atoms with Crippen molar-refractivity contribution in [2.24, 2.45) is 0 Å². The maximum Gasteiger partial charge on any atom is 0.261 e. The maximum absolute atomic E-state index is 12.4. The molecule has 0 unspecified atom stereocenters. The predicted octanol–water partition coefficient (Wildman–Crippen LogP) is 2.67. The van der Waals surface area contributed by atoms with Crippen LogP contribution >= 0.6 is 0 Å². The number of para-hydroxylation sites is 1. The summed E-state index contributed by atoms with van der Waals surface area (Å²) >= 11 is 0. The fourth-order valence-corrected chi connectivity index (χ4v) is 2.79. The van der Waals surface area contributed by atoms with Gasteiger partial charge < -0.3 is 5.32 Å². The zero-order chi connectivity index (χ0) is 18.2. The third-order valence-corrected chi connectivity index (χ3v) is 4.23. The summed E-state index contributed by atoms with van der Waals surface area (Å²) in [6.07, 6.45) is 6.32. The Hall–Kier alpha value is -3.02. The van der Waals surface area contributed by atoms with Crippen molar-refractivity contribution in [1.82, 2.24) is 19.9 Å². The first kappa shape index (κ1) is 17.8. The fourth-order valence-electron chi connectivity index (χ4n) is 2.79. The lowest BCUT2D eigenvalue weighted by Gasteiger charge is -2.07. The number of aryl methyl sites for hydroxylation is 1. The number of aromatic nitrogens is 3. The summed E-state index contributed by atoms with van der Waals surface area (Å²) in [6.45, 7) is 1.07. The van der Waals surface area contributed by atoms with Gasteiger partial charge in [0, 0.05) is 19.2 Å². The second-order valence-corrected chi connectivity index (χ2v) is 6.17. The number of hydrogen-bond acceptors (Lipinski definition) is 4. The predicted molar refractivity (Wildman–Crippen MR) is 101 cm³/mol. The minimum absolute atomic E-state index is 0.0105. The monoisotopic (exact) mass is 350 g/mol. The topological polar surface area (TPSA) is 76.9 Å². The summed E-state index contributed by atoms with van der Waals surface area (Å²) in [5.41, 5.74) is 1.56. The van der Waals surface area contributed by atoms with E-state index in [9.17, 15) is 9.59 Å². The van der Waals surface area contributed by atoms with E-state index in [-0.39, 0.29) is 11.5 Å². The summed E-state index contributed by atoms with van der Waals surface area (Å²) in [7, 11) is 0. The number of nitrogens with one attached hydrogen (secondary N) is 1. The molecule has 0 bridgehead atoms. The van der Waals surface area contributed by atoms with E-state index >= 15 is 0 Å². The Balaban J connectivity index is 1.38. The fraction of sp³-hybridized carbons (Fsp3) is 0.300. The smallest absolute Gasteiger partial charge is 0.261 e. The molecule has 0 aliphatic carbocycles. The minimum atomic E-state index is -0.0105. The van der Waals surface area contributed by atoms with E-state index in [1.165, 1.54) is 0 Å². The van der Waals surface area contributed by atoms with Gasteiger partial charge in [-0.2, -0.15) is 0 Å². The summed E-state index contributed by atoms with van der Waals surface area (Å²) in [4.78, 5) is 32.7. The number of benzene rings is 1. The van der Waals surface area contributed by atoms with Crippen LogP contribution in [0.15, 0.2) is 59.8 Å². The summed E-state index contributed by atoms with van der Waals surface area (Å²) in [5, 5.41) is 3.51. The average Bonchev–Trinajstić information content (AvgIpc) is 2.69. The minimum Gasteiger partial charge on any atom is -0.350 e. The summed E-state index contributed by atoms with van der Waals surface area (Å²) < 4.78 is 1.64. The van der Waals surface area contributed by atoms with Gasteiger partial charge in [0.25, 0.3) is 5.56 Å². The van der Waals surface area contributed by atoms with Crippen LogP contribution in [-0.4, -0.2) is 20.4 Å². The third kappa shape index (κ3) is 4.75. The van der Waals surface area contributed by atoms with Crippen molar-refractivity contribution in [3.8, 4) is 0 Å². The lowest BCUT2D eigenvalue weighted by Crippen LogP contribution is -2.23. The van der Waals surface area contributed by atoms with Crippen LogP contribution in [0.25, 0.3) is 10.9 Å². The molecule has 0 aliphatic rings. The molecular formula is C20H22N4O2. The quantitative estimate of drug-likeness (QED) is 0.634. The van der Waals surface area contributed by atoms with Crippen molar-refractivity contribution in [2.45, 2.75) is 38.8 Å². The number of hydrogen-bond donors (Lipinski definition) is 1. The number of unbranched alkanes of at least 4 members (excludes halogenated alkanes) is 2. The van der Waals surface area contributed by atoms with Gasteiger partial charge in [0.2, 0.25) is 5.91 Å². The van der Waals surface area contributed by atoms with Crippen LogP contribution in [-0.2, 0) is 17.9 Å². The summed E-state index contributed by atoms with van der Waals surface area (Å²) in [5.74, 6) is 0.0280. The standard InChI is InChI=1S/C20H22N4O2/c25-19(22-14-16-8-5-6-12-21-16)11-2-1-7-13-24-15-23-18-10-4-3-9-17(18)20(24)26/h3-6,8-10,12,15H,1-2,7,11,13-14H2,(H,22,25). The molecular weight excluding hydrogens is 328 g/mol. The second-order valence-electron chi connectivity index (χ2n) is 6.17. The Kier molecular flexibility index (Phi) is 6.09. The van der Waals surface area contributed by atoms with Gasteiger partial charge in [-0.05, 0) is 37.1 Å². The van der Waals surface area contributed by atoms with E-state index in [0.717, 1.165) is 30.5 Å². The number of carbonyl (C=O) groups excluding carboxylic acids is 1. The van der Waals surface area contributed by atoms with Gasteiger partial charge in [-0.1, -0.05) is 24.6 Å². The van der Waals surface area contributed by atoms with Crippen LogP contribution in [0.4, 0.5) is 0 Å². The second kappa shape index (κ2) is 8.89. The van der Waals surface area contributed by atoms with Crippen LogP contribution in [0.2, 0.25) is 0 Å². The molecule has 0 spiro atoms. The maximum atomic E-state index is 12.4. The van der Waals surface area contributed by atoms with Crippen LogP contribution in [0, 0.1) is 0 Å². The van der Waals surface area contributed by atoms with Gasteiger partial charge in [0.05, 0.1) is 29.5 Å². The lowest BCUT2D eigenvalue weighted by molar-refractivity contribution is -0.121. The molecule has 0 radical (unpaired) electrons. The third-order valence-electron chi connectivity index (χ3n) is 4.23. The van der Waals surface area contributed by atoms with Crippen molar-refractivity contribution in [2.75, 3.05) is 0 Å². The van der Waals surface area contributed by atoms with Gasteiger partial charge >= 0.3 is 0 Å². The zero-order valence-electron chi connectivity index (χ0n) is 14.6. The molecule has 0 fully saturated rings. The van der Waals surface area contributed by atoms with Crippen molar-refractivity contribution in [1.29, 1.82) is 0 Å². The van der Waals surface area contributed by atoms with Gasteiger partial charge in [0.15, 0.2) is 0 Å². The molecule has 2 heterocycles. The molecule has 134 valence electrons. The van der Waals surface area contributed by atoms with Crippen LogP contribution in [0.5, 0.6) is 0 Å². The highest BCUT2D eigenvalue weighted by atomic mass is 16.1. The molecule has 0 atom stereocenters. The molecule has 2 aromatic heterocycles. The normalized spacial score (nSPS) is 10.8. The van der Waals surface area contributed by atoms with E-state index in [0.29, 0.717) is 24.9 Å². The number of fused-ring (bicyclic) bond motifs is 1. The van der Waals surface area contributed by atoms with E-state index in [1.807, 2.05) is 36.4 Å². The van der Waals surface area contributed by atoms with Crippen molar-refractivity contribution >= 4 is 16.8 Å². The molecule has 6 nitrogen and oxygen atoms in total. The SMILES string of the molecule is O=C(CCCCCn1cnc2ccccc2c1=O)NCc1ccccn1. The Morgan fingerprint density at radius 3 is 2.69 bits per heavy atom. The molecule has 3 aromatic rings. The molecule has 6 heteroatoms. The average molecular weight is 350 g/mol. The number of amides is 1. The highest BCUT2D eigenvalue weighted by Gasteiger charge is 2.04. The van der Waals surface area contributed by atoms with Gasteiger partial charge in [0.1, 0.15) is 0 Å². The Morgan fingerprint density at radius 1 is 1.00 bits per heavy atom. The first-order valence-corrected chi connectivity index (χ1v) is 8.85. The molecule has 1 amide bonds. The Morgan fingerprint density at radius 2 is 1.85 bits per heavy atom. The van der Waals surface area contributed by atoms with Gasteiger partial charge in [-0.25, -0.2) is 4.98 Å². The number of pyridine rings is 1. The number of rotatable bonds is 8. The van der Waals surface area contributed by atoms with Crippen molar-refractivity contribution < 1.29 is 4.79 Å². The molecule has 3 rings (SSSR count). The van der Waals surface area contributed by atoms with E-state index < -0.39 is 0 Å². The number of nitrogens with zero attached hydrogens (tertiary/aromatic N) is 3. The van der Waals surface area contributed by atoms with Gasteiger partial charge in [-0.15, -0.1) is 0 Å². The van der Waals surface area contributed by atoms with Crippen LogP contribution < -0.4 is 10.9 Å². The zero-order valence-corrected chi connectivity index (χ0v) is 14.6. The Bertz CT molecular complexity index is 922. The van der Waals surface area contributed by atoms with E-state index in [4.69, 9.17) is 0 Å².